The molecule has 0 N–H and O–H groups in total. The zero-order valence-corrected chi connectivity index (χ0v) is 18.5. The van der Waals surface area contributed by atoms with Crippen LogP contribution in [-0.2, 0) is 17.8 Å². The Kier molecular flexibility index (Phi) is 6.16. The van der Waals surface area contributed by atoms with E-state index >= 15 is 0 Å². The molecule has 1 aromatic heterocycles. The molecule has 2 aromatic carbocycles. The number of aromatic nitrogens is 1. The SMILES string of the molecule is CCOc1ccc(CN(C)CC(=O)N2CCc3cc(-c4csc(C)n4)ccc32)cc1. The van der Waals surface area contributed by atoms with Crippen LogP contribution in [-0.4, -0.2) is 42.5 Å². The van der Waals surface area contributed by atoms with Crippen molar-refractivity contribution in [1.29, 1.82) is 0 Å². The van der Waals surface area contributed by atoms with Crippen molar-refractivity contribution in [3.63, 3.8) is 0 Å². The molecular weight excluding hydrogens is 394 g/mol. The number of hydrogen-bond acceptors (Lipinski definition) is 5. The first-order valence-electron chi connectivity index (χ1n) is 10.3. The average Bonchev–Trinajstić information content (AvgIpc) is 3.35. The smallest absolute Gasteiger partial charge is 0.241 e. The monoisotopic (exact) mass is 421 g/mol. The molecule has 0 fully saturated rings. The van der Waals surface area contributed by atoms with Crippen molar-refractivity contribution in [2.45, 2.75) is 26.8 Å². The number of benzene rings is 2. The van der Waals surface area contributed by atoms with E-state index in [1.54, 1.807) is 11.3 Å². The van der Waals surface area contributed by atoms with Crippen molar-refractivity contribution in [2.24, 2.45) is 0 Å². The van der Waals surface area contributed by atoms with Gasteiger partial charge in [0, 0.05) is 29.7 Å². The first-order valence-corrected chi connectivity index (χ1v) is 11.2. The Balaban J connectivity index is 1.39. The Morgan fingerprint density at radius 1 is 1.23 bits per heavy atom. The molecule has 156 valence electrons. The molecule has 0 saturated heterocycles. The Bertz CT molecular complexity index is 1030. The number of rotatable bonds is 7. The number of anilines is 1. The predicted octanol–water partition coefficient (Wildman–Crippen LogP) is 4.54. The van der Waals surface area contributed by atoms with Crippen LogP contribution in [0.5, 0.6) is 5.75 Å². The highest BCUT2D eigenvalue weighted by Gasteiger charge is 2.25. The van der Waals surface area contributed by atoms with Crippen molar-refractivity contribution in [3.8, 4) is 17.0 Å². The summed E-state index contributed by atoms with van der Waals surface area (Å²) in [6.45, 7) is 6.51. The number of hydrogen-bond donors (Lipinski definition) is 0. The topological polar surface area (TPSA) is 45.7 Å². The van der Waals surface area contributed by atoms with Gasteiger partial charge in [0.05, 0.1) is 23.9 Å². The number of thiazole rings is 1. The summed E-state index contributed by atoms with van der Waals surface area (Å²) in [5.41, 5.74) is 5.56. The fraction of sp³-hybridized carbons (Fsp3) is 0.333. The highest BCUT2D eigenvalue weighted by Crippen LogP contribution is 2.32. The van der Waals surface area contributed by atoms with Gasteiger partial charge < -0.3 is 9.64 Å². The Labute approximate surface area is 181 Å². The van der Waals surface area contributed by atoms with Gasteiger partial charge in [-0.2, -0.15) is 0 Å². The fourth-order valence-corrected chi connectivity index (χ4v) is 4.48. The summed E-state index contributed by atoms with van der Waals surface area (Å²) in [6.07, 6.45) is 0.890. The lowest BCUT2D eigenvalue weighted by Gasteiger charge is -2.22. The maximum atomic E-state index is 13.0. The molecule has 1 aliphatic heterocycles. The molecule has 0 spiro atoms. The first-order chi connectivity index (χ1) is 14.5. The predicted molar refractivity (Wildman–Crippen MR) is 122 cm³/mol. The molecular formula is C24H27N3O2S. The quantitative estimate of drug-likeness (QED) is 0.562. The van der Waals surface area contributed by atoms with E-state index in [1.165, 1.54) is 11.1 Å². The molecule has 0 atom stereocenters. The molecule has 0 aliphatic carbocycles. The lowest BCUT2D eigenvalue weighted by atomic mass is 10.1. The van der Waals surface area contributed by atoms with Crippen LogP contribution in [0, 0.1) is 6.92 Å². The minimum atomic E-state index is 0.138. The third-order valence-corrected chi connectivity index (χ3v) is 6.06. The van der Waals surface area contributed by atoms with Gasteiger partial charge in [-0.3, -0.25) is 9.69 Å². The average molecular weight is 422 g/mol. The molecule has 1 aliphatic rings. The summed E-state index contributed by atoms with van der Waals surface area (Å²) in [6, 6.07) is 14.4. The van der Waals surface area contributed by atoms with Gasteiger partial charge in [-0.1, -0.05) is 18.2 Å². The van der Waals surface area contributed by atoms with Crippen molar-refractivity contribution in [3.05, 3.63) is 64.0 Å². The standard InChI is InChI=1S/C24H27N3O2S/c1-4-29-21-8-5-18(6-9-21)14-26(3)15-24(28)27-12-11-20-13-19(7-10-23(20)27)22-16-30-17(2)25-22/h5-10,13,16H,4,11-12,14-15H2,1-3H3. The second-order valence-electron chi connectivity index (χ2n) is 7.64. The lowest BCUT2D eigenvalue weighted by molar-refractivity contribution is -0.119. The van der Waals surface area contributed by atoms with Crippen LogP contribution in [0.3, 0.4) is 0 Å². The van der Waals surface area contributed by atoms with Crippen molar-refractivity contribution < 1.29 is 9.53 Å². The zero-order valence-electron chi connectivity index (χ0n) is 17.7. The van der Waals surface area contributed by atoms with Gasteiger partial charge in [0.1, 0.15) is 5.75 Å². The van der Waals surface area contributed by atoms with Crippen LogP contribution >= 0.6 is 11.3 Å². The first kappa shape index (κ1) is 20.6. The van der Waals surface area contributed by atoms with Gasteiger partial charge in [0.25, 0.3) is 0 Å². The van der Waals surface area contributed by atoms with E-state index in [1.807, 2.05) is 37.9 Å². The fourth-order valence-electron chi connectivity index (χ4n) is 3.86. The number of aryl methyl sites for hydroxylation is 1. The van der Waals surface area contributed by atoms with Crippen LogP contribution in [0.2, 0.25) is 0 Å². The second-order valence-corrected chi connectivity index (χ2v) is 8.70. The van der Waals surface area contributed by atoms with E-state index in [2.05, 4.69) is 45.6 Å². The van der Waals surface area contributed by atoms with Crippen LogP contribution in [0.25, 0.3) is 11.3 Å². The molecule has 0 radical (unpaired) electrons. The van der Waals surface area contributed by atoms with E-state index in [0.717, 1.165) is 47.2 Å². The van der Waals surface area contributed by atoms with Crippen LogP contribution in [0.4, 0.5) is 5.69 Å². The van der Waals surface area contributed by atoms with Crippen molar-refractivity contribution in [2.75, 3.05) is 31.6 Å². The van der Waals surface area contributed by atoms with E-state index in [9.17, 15) is 4.79 Å². The number of fused-ring (bicyclic) bond motifs is 1. The summed E-state index contributed by atoms with van der Waals surface area (Å²) >= 11 is 1.66. The number of ether oxygens (including phenoxy) is 1. The van der Waals surface area contributed by atoms with Crippen LogP contribution in [0.1, 0.15) is 23.1 Å². The third-order valence-electron chi connectivity index (χ3n) is 5.28. The normalized spacial score (nSPS) is 13.0. The molecule has 0 unspecified atom stereocenters. The number of amides is 1. The van der Waals surface area contributed by atoms with Gasteiger partial charge in [-0.15, -0.1) is 11.3 Å². The maximum absolute atomic E-state index is 13.0. The van der Waals surface area contributed by atoms with Gasteiger partial charge in [-0.25, -0.2) is 4.98 Å². The van der Waals surface area contributed by atoms with Crippen molar-refractivity contribution >= 4 is 22.9 Å². The van der Waals surface area contributed by atoms with Gasteiger partial charge in [-0.05, 0) is 62.7 Å². The highest BCUT2D eigenvalue weighted by molar-refractivity contribution is 7.09. The highest BCUT2D eigenvalue weighted by atomic mass is 32.1. The molecule has 2 heterocycles. The summed E-state index contributed by atoms with van der Waals surface area (Å²) in [7, 11) is 1.99. The number of carbonyl (C=O) groups excluding carboxylic acids is 1. The van der Waals surface area contributed by atoms with Crippen molar-refractivity contribution in [1.82, 2.24) is 9.88 Å². The van der Waals surface area contributed by atoms with Crippen LogP contribution in [0.15, 0.2) is 47.8 Å². The minimum absolute atomic E-state index is 0.138. The Hall–Kier alpha value is -2.70. The van der Waals surface area contributed by atoms with E-state index in [-0.39, 0.29) is 5.91 Å². The summed E-state index contributed by atoms with van der Waals surface area (Å²) in [4.78, 5) is 21.5. The molecule has 3 aromatic rings. The second kappa shape index (κ2) is 8.98. The van der Waals surface area contributed by atoms with Gasteiger partial charge in [0.15, 0.2) is 0 Å². The molecule has 0 bridgehead atoms. The molecule has 1 amide bonds. The number of carbonyl (C=O) groups is 1. The minimum Gasteiger partial charge on any atom is -0.494 e. The lowest BCUT2D eigenvalue weighted by Crippen LogP contribution is -2.37. The van der Waals surface area contributed by atoms with Crippen LogP contribution < -0.4 is 9.64 Å². The van der Waals surface area contributed by atoms with Gasteiger partial charge in [0.2, 0.25) is 5.91 Å². The summed E-state index contributed by atoms with van der Waals surface area (Å²) in [5.74, 6) is 1.01. The van der Waals surface area contributed by atoms with Gasteiger partial charge >= 0.3 is 0 Å². The summed E-state index contributed by atoms with van der Waals surface area (Å²) < 4.78 is 5.49. The Morgan fingerprint density at radius 2 is 2.03 bits per heavy atom. The molecule has 0 saturated carbocycles. The number of likely N-dealkylation sites (N-methyl/N-ethyl adjacent to an activating group) is 1. The molecule has 4 rings (SSSR count). The van der Waals surface area contributed by atoms with E-state index in [0.29, 0.717) is 13.2 Å². The maximum Gasteiger partial charge on any atom is 0.241 e. The molecule has 6 heteroatoms. The third kappa shape index (κ3) is 4.55. The zero-order chi connectivity index (χ0) is 21.1. The molecule has 30 heavy (non-hydrogen) atoms. The van der Waals surface area contributed by atoms with E-state index < -0.39 is 0 Å². The largest absolute Gasteiger partial charge is 0.494 e. The van der Waals surface area contributed by atoms with E-state index in [4.69, 9.17) is 4.74 Å². The molecule has 5 nitrogen and oxygen atoms in total. The number of nitrogens with zero attached hydrogens (tertiary/aromatic N) is 3. The summed E-state index contributed by atoms with van der Waals surface area (Å²) in [5, 5.41) is 3.16. The Morgan fingerprint density at radius 3 is 2.73 bits per heavy atom.